The van der Waals surface area contributed by atoms with Crippen LogP contribution in [0.25, 0.3) is 0 Å². The Morgan fingerprint density at radius 1 is 1.32 bits per heavy atom. The van der Waals surface area contributed by atoms with Crippen molar-refractivity contribution in [3.63, 3.8) is 0 Å². The number of carbonyl (C=O) groups is 2. The third-order valence-electron chi connectivity index (χ3n) is 2.34. The van der Waals surface area contributed by atoms with Crippen LogP contribution in [-0.4, -0.2) is 41.5 Å². The molecule has 0 saturated heterocycles. The predicted molar refractivity (Wildman–Crippen MR) is 69.5 cm³/mol. The first-order valence-corrected chi connectivity index (χ1v) is 6.37. The predicted octanol–water partition coefficient (Wildman–Crippen LogP) is 0.526. The summed E-state index contributed by atoms with van der Waals surface area (Å²) < 4.78 is 6.49. The van der Waals surface area contributed by atoms with Gasteiger partial charge in [0.2, 0.25) is 5.91 Å². The monoisotopic (exact) mass is 268 g/mol. The lowest BCUT2D eigenvalue weighted by molar-refractivity contribution is -0.120. The number of alkyl carbamates (subject to hydrolysis) is 1. The Balaban J connectivity index is 1.97. The van der Waals surface area contributed by atoms with Crippen LogP contribution in [0, 0.1) is 0 Å². The number of aryl methyl sites for hydroxylation is 1. The lowest BCUT2D eigenvalue weighted by Crippen LogP contribution is -2.31. The molecule has 1 heterocycles. The standard InChI is InChI=1S/C12H20N4O3/c1-2-19-12(18)14-8-5-11(17)13-6-3-9-16-10-4-7-15-16/h4,7,10H,2-3,5-6,8-9H2,1H3,(H,13,17)(H,14,18). The molecule has 1 aromatic rings. The van der Waals surface area contributed by atoms with Gasteiger partial charge < -0.3 is 15.4 Å². The van der Waals surface area contributed by atoms with Crippen LogP contribution in [0.3, 0.4) is 0 Å². The fourth-order valence-corrected chi connectivity index (χ4v) is 1.45. The summed E-state index contributed by atoms with van der Waals surface area (Å²) in [7, 11) is 0. The minimum Gasteiger partial charge on any atom is -0.450 e. The van der Waals surface area contributed by atoms with Crippen molar-refractivity contribution in [1.29, 1.82) is 0 Å². The van der Waals surface area contributed by atoms with Gasteiger partial charge in [-0.3, -0.25) is 9.48 Å². The van der Waals surface area contributed by atoms with Crippen molar-refractivity contribution in [2.75, 3.05) is 19.7 Å². The summed E-state index contributed by atoms with van der Waals surface area (Å²) in [5, 5.41) is 9.33. The normalized spacial score (nSPS) is 9.95. The number of aromatic nitrogens is 2. The minimum atomic E-state index is -0.492. The second-order valence-electron chi connectivity index (χ2n) is 3.87. The first-order valence-electron chi connectivity index (χ1n) is 6.37. The Morgan fingerprint density at radius 2 is 2.16 bits per heavy atom. The van der Waals surface area contributed by atoms with Crippen molar-refractivity contribution < 1.29 is 14.3 Å². The number of hydrogen-bond acceptors (Lipinski definition) is 4. The van der Waals surface area contributed by atoms with Gasteiger partial charge in [-0.1, -0.05) is 0 Å². The molecule has 0 bridgehead atoms. The summed E-state index contributed by atoms with van der Waals surface area (Å²) >= 11 is 0. The Morgan fingerprint density at radius 3 is 2.84 bits per heavy atom. The lowest BCUT2D eigenvalue weighted by Gasteiger charge is -2.06. The summed E-state index contributed by atoms with van der Waals surface area (Å²) in [6.45, 7) is 3.70. The average molecular weight is 268 g/mol. The maximum absolute atomic E-state index is 11.4. The van der Waals surface area contributed by atoms with E-state index in [0.29, 0.717) is 13.2 Å². The fraction of sp³-hybridized carbons (Fsp3) is 0.583. The molecule has 2 amide bonds. The summed E-state index contributed by atoms with van der Waals surface area (Å²) in [6.07, 6.45) is 4.18. The molecule has 1 aromatic heterocycles. The van der Waals surface area contributed by atoms with E-state index in [1.165, 1.54) is 0 Å². The zero-order valence-electron chi connectivity index (χ0n) is 11.1. The first-order chi connectivity index (χ1) is 9.22. The molecule has 0 atom stereocenters. The van der Waals surface area contributed by atoms with Crippen molar-refractivity contribution in [3.05, 3.63) is 18.5 Å². The van der Waals surface area contributed by atoms with Crippen LogP contribution in [0.1, 0.15) is 19.8 Å². The highest BCUT2D eigenvalue weighted by Gasteiger charge is 2.03. The van der Waals surface area contributed by atoms with Crippen LogP contribution in [0.2, 0.25) is 0 Å². The lowest BCUT2D eigenvalue weighted by atomic mass is 10.3. The molecule has 0 fully saturated rings. The molecule has 7 nitrogen and oxygen atoms in total. The minimum absolute atomic E-state index is 0.0859. The van der Waals surface area contributed by atoms with Gasteiger partial charge in [-0.15, -0.1) is 0 Å². The Kier molecular flexibility index (Phi) is 7.08. The van der Waals surface area contributed by atoms with Crippen molar-refractivity contribution >= 4 is 12.0 Å². The molecular weight excluding hydrogens is 248 g/mol. The van der Waals surface area contributed by atoms with Gasteiger partial charge in [0, 0.05) is 38.4 Å². The van der Waals surface area contributed by atoms with E-state index in [9.17, 15) is 9.59 Å². The molecule has 0 aliphatic heterocycles. The maximum Gasteiger partial charge on any atom is 0.407 e. The van der Waals surface area contributed by atoms with Crippen LogP contribution >= 0.6 is 0 Å². The van der Waals surface area contributed by atoms with E-state index in [4.69, 9.17) is 0 Å². The van der Waals surface area contributed by atoms with E-state index in [2.05, 4.69) is 20.5 Å². The summed E-state index contributed by atoms with van der Waals surface area (Å²) in [4.78, 5) is 22.4. The number of ether oxygens (including phenoxy) is 1. The largest absolute Gasteiger partial charge is 0.450 e. The van der Waals surface area contributed by atoms with Crippen molar-refractivity contribution in [2.45, 2.75) is 26.3 Å². The average Bonchev–Trinajstić information content (AvgIpc) is 2.88. The molecule has 1 rings (SSSR count). The van der Waals surface area contributed by atoms with E-state index in [1.807, 2.05) is 16.9 Å². The van der Waals surface area contributed by atoms with E-state index in [-0.39, 0.29) is 18.9 Å². The van der Waals surface area contributed by atoms with Crippen LogP contribution in [0.15, 0.2) is 18.5 Å². The number of nitrogens with one attached hydrogen (secondary N) is 2. The van der Waals surface area contributed by atoms with E-state index in [0.717, 1.165) is 13.0 Å². The van der Waals surface area contributed by atoms with Gasteiger partial charge in [0.1, 0.15) is 0 Å². The van der Waals surface area contributed by atoms with Crippen molar-refractivity contribution in [2.24, 2.45) is 0 Å². The molecule has 106 valence electrons. The van der Waals surface area contributed by atoms with Gasteiger partial charge in [-0.2, -0.15) is 5.10 Å². The van der Waals surface area contributed by atoms with Crippen LogP contribution < -0.4 is 10.6 Å². The van der Waals surface area contributed by atoms with Gasteiger partial charge in [0.15, 0.2) is 0 Å². The first kappa shape index (κ1) is 15.0. The zero-order chi connectivity index (χ0) is 13.9. The molecule has 0 aliphatic carbocycles. The topological polar surface area (TPSA) is 85.2 Å². The highest BCUT2D eigenvalue weighted by atomic mass is 16.5. The molecule has 0 spiro atoms. The van der Waals surface area contributed by atoms with Gasteiger partial charge in [-0.25, -0.2) is 4.79 Å². The van der Waals surface area contributed by atoms with Gasteiger partial charge >= 0.3 is 6.09 Å². The Hall–Kier alpha value is -2.05. The van der Waals surface area contributed by atoms with E-state index in [1.54, 1.807) is 13.1 Å². The number of rotatable bonds is 8. The summed E-state index contributed by atoms with van der Waals surface area (Å²) in [6, 6.07) is 1.86. The quantitative estimate of drug-likeness (QED) is 0.673. The molecule has 0 saturated carbocycles. The fourth-order valence-electron chi connectivity index (χ4n) is 1.45. The summed E-state index contributed by atoms with van der Waals surface area (Å²) in [5.41, 5.74) is 0. The Bertz CT molecular complexity index is 378. The van der Waals surface area contributed by atoms with Gasteiger partial charge in [0.25, 0.3) is 0 Å². The highest BCUT2D eigenvalue weighted by molar-refractivity contribution is 5.76. The molecule has 0 unspecified atom stereocenters. The van der Waals surface area contributed by atoms with Crippen molar-refractivity contribution in [3.8, 4) is 0 Å². The zero-order valence-corrected chi connectivity index (χ0v) is 11.1. The Labute approximate surface area is 112 Å². The molecular formula is C12H20N4O3. The molecule has 19 heavy (non-hydrogen) atoms. The number of nitrogens with zero attached hydrogens (tertiary/aromatic N) is 2. The molecule has 0 aliphatic rings. The third-order valence-corrected chi connectivity index (χ3v) is 2.34. The third kappa shape index (κ3) is 7.07. The number of carbonyl (C=O) groups excluding carboxylic acids is 2. The van der Waals surface area contributed by atoms with Crippen LogP contribution in [0.5, 0.6) is 0 Å². The number of amides is 2. The smallest absolute Gasteiger partial charge is 0.407 e. The molecule has 0 aromatic carbocycles. The van der Waals surface area contributed by atoms with Crippen LogP contribution in [0.4, 0.5) is 4.79 Å². The SMILES string of the molecule is CCOC(=O)NCCC(=O)NCCCn1cccn1. The van der Waals surface area contributed by atoms with Crippen LogP contribution in [-0.2, 0) is 16.1 Å². The van der Waals surface area contributed by atoms with Crippen molar-refractivity contribution in [1.82, 2.24) is 20.4 Å². The second-order valence-corrected chi connectivity index (χ2v) is 3.87. The summed E-state index contributed by atoms with van der Waals surface area (Å²) in [5.74, 6) is -0.0859. The van der Waals surface area contributed by atoms with Gasteiger partial charge in [0.05, 0.1) is 6.61 Å². The maximum atomic E-state index is 11.4. The van der Waals surface area contributed by atoms with Gasteiger partial charge in [-0.05, 0) is 19.4 Å². The molecule has 0 radical (unpaired) electrons. The van der Waals surface area contributed by atoms with E-state index >= 15 is 0 Å². The molecule has 2 N–H and O–H groups in total. The second kappa shape index (κ2) is 8.96. The highest BCUT2D eigenvalue weighted by Crippen LogP contribution is 1.88. The van der Waals surface area contributed by atoms with E-state index < -0.39 is 6.09 Å². The number of hydrogen-bond donors (Lipinski definition) is 2. The molecule has 7 heteroatoms.